The van der Waals surface area contributed by atoms with Crippen LogP contribution in [0.2, 0.25) is 0 Å². The zero-order valence-electron chi connectivity index (χ0n) is 27.9. The quantitative estimate of drug-likeness (QED) is 0.208. The molecule has 5 fully saturated rings. The number of ether oxygens (including phenoxy) is 3. The summed E-state index contributed by atoms with van der Waals surface area (Å²) in [5, 5.41) is 3.61. The average molecular weight is 666 g/mol. The number of hydrogen-bond acceptors (Lipinski definition) is 7. The second kappa shape index (κ2) is 13.7. The minimum atomic E-state index is -0.234. The molecular formula is C39H43N3O5S. The highest BCUT2D eigenvalue weighted by Crippen LogP contribution is 2.60. The number of nitrogens with one attached hydrogen (secondary N) is 1. The maximum atomic E-state index is 13.2. The largest absolute Gasteiger partial charge is 0.497 e. The van der Waals surface area contributed by atoms with E-state index >= 15 is 0 Å². The molecule has 8 rings (SSSR count). The van der Waals surface area contributed by atoms with Crippen molar-refractivity contribution in [2.45, 2.75) is 57.8 Å². The van der Waals surface area contributed by atoms with Crippen LogP contribution < -0.4 is 19.5 Å². The van der Waals surface area contributed by atoms with Gasteiger partial charge in [-0.1, -0.05) is 18.2 Å². The number of amidine groups is 1. The molecule has 0 aromatic heterocycles. The predicted octanol–water partition coefficient (Wildman–Crippen LogP) is 8.20. The van der Waals surface area contributed by atoms with Gasteiger partial charge in [0, 0.05) is 12.2 Å². The van der Waals surface area contributed by atoms with E-state index in [0.717, 1.165) is 40.4 Å². The van der Waals surface area contributed by atoms with Crippen LogP contribution in [-0.2, 0) is 15.0 Å². The number of amides is 2. The van der Waals surface area contributed by atoms with E-state index in [1.165, 1.54) is 55.9 Å². The highest BCUT2D eigenvalue weighted by atomic mass is 32.2. The topological polar surface area (TPSA) is 89.5 Å². The van der Waals surface area contributed by atoms with E-state index in [1.54, 1.807) is 18.1 Å². The molecule has 0 atom stereocenters. The number of thioether (sulfide) groups is 1. The van der Waals surface area contributed by atoms with Crippen molar-refractivity contribution in [1.29, 1.82) is 0 Å². The van der Waals surface area contributed by atoms with Gasteiger partial charge in [0.1, 0.15) is 5.75 Å². The summed E-state index contributed by atoms with van der Waals surface area (Å²) in [7, 11) is 1.62. The summed E-state index contributed by atoms with van der Waals surface area (Å²) in [5.74, 6) is 4.08. The van der Waals surface area contributed by atoms with Gasteiger partial charge in [0.25, 0.3) is 11.8 Å². The summed E-state index contributed by atoms with van der Waals surface area (Å²) < 4.78 is 17.0. The molecule has 1 saturated heterocycles. The zero-order chi connectivity index (χ0) is 33.3. The predicted molar refractivity (Wildman–Crippen MR) is 191 cm³/mol. The lowest BCUT2D eigenvalue weighted by atomic mass is 9.48. The van der Waals surface area contributed by atoms with Gasteiger partial charge in [0.05, 0.1) is 24.3 Å². The highest BCUT2D eigenvalue weighted by Gasteiger charge is 2.51. The van der Waals surface area contributed by atoms with Crippen LogP contribution in [0.15, 0.2) is 76.6 Å². The molecule has 1 N–H and O–H groups in total. The SMILES string of the molecule is CCOc1cc(/C=C2\SC(=Nc3ccc(OC)cc3)N(CC)C2=O)ccc1OCC(=O)Nc1ccc(C23CC4CC(CC(C4)C2)C3)cc1. The number of aliphatic imine (C=N–C) groups is 1. The first-order valence-corrected chi connectivity index (χ1v) is 17.9. The van der Waals surface area contributed by atoms with Crippen molar-refractivity contribution < 1.29 is 23.8 Å². The van der Waals surface area contributed by atoms with Crippen LogP contribution in [0.1, 0.15) is 63.5 Å². The summed E-state index contributed by atoms with van der Waals surface area (Å²) in [5.41, 5.74) is 4.08. The maximum Gasteiger partial charge on any atom is 0.266 e. The van der Waals surface area contributed by atoms with Crippen molar-refractivity contribution in [3.05, 3.63) is 82.8 Å². The van der Waals surface area contributed by atoms with Gasteiger partial charge >= 0.3 is 0 Å². The summed E-state index contributed by atoms with van der Waals surface area (Å²) in [6.45, 7) is 4.60. The number of anilines is 1. The Morgan fingerprint density at radius 2 is 1.62 bits per heavy atom. The molecule has 0 radical (unpaired) electrons. The van der Waals surface area contributed by atoms with Crippen LogP contribution in [0, 0.1) is 17.8 Å². The first-order valence-electron chi connectivity index (χ1n) is 17.1. The summed E-state index contributed by atoms with van der Waals surface area (Å²) in [6.07, 6.45) is 10.1. The average Bonchev–Trinajstić information content (AvgIpc) is 3.37. The van der Waals surface area contributed by atoms with E-state index in [2.05, 4.69) is 17.4 Å². The number of likely N-dealkylation sites (N-methyl/N-ethyl adjacent to an activating group) is 1. The van der Waals surface area contributed by atoms with Crippen molar-refractivity contribution in [1.82, 2.24) is 4.90 Å². The van der Waals surface area contributed by atoms with Crippen molar-refractivity contribution >= 4 is 46.2 Å². The van der Waals surface area contributed by atoms with Crippen molar-refractivity contribution in [3.63, 3.8) is 0 Å². The van der Waals surface area contributed by atoms with E-state index < -0.39 is 0 Å². The van der Waals surface area contributed by atoms with Gasteiger partial charge in [-0.25, -0.2) is 4.99 Å². The van der Waals surface area contributed by atoms with E-state index in [-0.39, 0.29) is 18.4 Å². The van der Waals surface area contributed by atoms with E-state index in [9.17, 15) is 9.59 Å². The van der Waals surface area contributed by atoms with Gasteiger partial charge in [-0.15, -0.1) is 0 Å². The molecule has 48 heavy (non-hydrogen) atoms. The Morgan fingerprint density at radius 1 is 0.938 bits per heavy atom. The Labute approximate surface area is 286 Å². The Hall–Kier alpha value is -4.24. The second-order valence-electron chi connectivity index (χ2n) is 13.5. The van der Waals surface area contributed by atoms with E-state index in [0.29, 0.717) is 40.1 Å². The molecule has 3 aromatic carbocycles. The molecule has 4 saturated carbocycles. The first-order chi connectivity index (χ1) is 23.3. The lowest BCUT2D eigenvalue weighted by Gasteiger charge is -2.57. The maximum absolute atomic E-state index is 13.2. The molecule has 4 bridgehead atoms. The monoisotopic (exact) mass is 665 g/mol. The molecule has 5 aliphatic rings. The minimum Gasteiger partial charge on any atom is -0.497 e. The molecule has 8 nitrogen and oxygen atoms in total. The molecule has 3 aromatic rings. The number of nitrogens with zero attached hydrogens (tertiary/aromatic N) is 2. The number of hydrogen-bond donors (Lipinski definition) is 1. The van der Waals surface area contributed by atoms with Crippen LogP contribution in [0.4, 0.5) is 11.4 Å². The Morgan fingerprint density at radius 3 is 2.25 bits per heavy atom. The van der Waals surface area contributed by atoms with Crippen LogP contribution >= 0.6 is 11.8 Å². The molecule has 1 aliphatic heterocycles. The third-order valence-electron chi connectivity index (χ3n) is 10.2. The van der Waals surface area contributed by atoms with Gasteiger partial charge < -0.3 is 19.5 Å². The molecule has 1 heterocycles. The molecule has 0 spiro atoms. The fourth-order valence-electron chi connectivity index (χ4n) is 8.50. The molecule has 250 valence electrons. The number of carbonyl (C=O) groups is 2. The van der Waals surface area contributed by atoms with E-state index in [4.69, 9.17) is 19.2 Å². The number of methoxy groups -OCH3 is 1. The summed E-state index contributed by atoms with van der Waals surface area (Å²) in [4.78, 5) is 33.1. The Kier molecular flexibility index (Phi) is 9.23. The summed E-state index contributed by atoms with van der Waals surface area (Å²) >= 11 is 1.34. The summed E-state index contributed by atoms with van der Waals surface area (Å²) in [6, 6.07) is 21.4. The molecular weight excluding hydrogens is 623 g/mol. The van der Waals surface area contributed by atoms with Crippen LogP contribution in [-0.4, -0.2) is 48.8 Å². The normalized spacial score (nSPS) is 25.9. The van der Waals surface area contributed by atoms with Crippen LogP contribution in [0.5, 0.6) is 17.2 Å². The fraction of sp³-hybridized carbons (Fsp3) is 0.410. The third kappa shape index (κ3) is 6.70. The van der Waals surface area contributed by atoms with Crippen LogP contribution in [0.25, 0.3) is 6.08 Å². The van der Waals surface area contributed by atoms with Crippen molar-refractivity contribution in [2.24, 2.45) is 22.7 Å². The van der Waals surface area contributed by atoms with Gasteiger partial charge in [-0.05, 0) is 153 Å². The molecule has 4 aliphatic carbocycles. The van der Waals surface area contributed by atoms with Gasteiger partial charge in [0.15, 0.2) is 23.3 Å². The number of benzene rings is 3. The van der Waals surface area contributed by atoms with Crippen molar-refractivity contribution in [3.8, 4) is 17.2 Å². The Balaban J connectivity index is 0.989. The van der Waals surface area contributed by atoms with Gasteiger partial charge in [-0.3, -0.25) is 14.5 Å². The first kappa shape index (κ1) is 32.3. The molecule has 9 heteroatoms. The minimum absolute atomic E-state index is 0.101. The van der Waals surface area contributed by atoms with Gasteiger partial charge in [0.2, 0.25) is 0 Å². The van der Waals surface area contributed by atoms with Crippen molar-refractivity contribution in [2.75, 3.05) is 32.2 Å². The zero-order valence-corrected chi connectivity index (χ0v) is 28.7. The lowest BCUT2D eigenvalue weighted by Crippen LogP contribution is -2.48. The Bertz CT molecular complexity index is 1700. The smallest absolute Gasteiger partial charge is 0.266 e. The second-order valence-corrected chi connectivity index (χ2v) is 14.5. The van der Waals surface area contributed by atoms with Crippen LogP contribution in [0.3, 0.4) is 0 Å². The van der Waals surface area contributed by atoms with E-state index in [1.807, 2.05) is 68.5 Å². The lowest BCUT2D eigenvalue weighted by molar-refractivity contribution is -0.122. The molecule has 2 amide bonds. The highest BCUT2D eigenvalue weighted by molar-refractivity contribution is 8.18. The third-order valence-corrected chi connectivity index (χ3v) is 11.3. The number of rotatable bonds is 11. The standard InChI is InChI=1S/C39H43N3O5S/c1-4-42-37(44)35(48-38(42)41-31-11-13-32(45-3)14-12-31)20-25-6-15-33(34(19-25)46-5-2)47-24-36(43)40-30-9-7-29(8-10-30)39-21-26-16-27(22-39)18-28(17-26)23-39/h6-15,19-20,26-28H,4-5,16-18,21-24H2,1-3H3,(H,40,43)/b35-20-,41-38?. The molecule has 0 unspecified atom stereocenters. The van der Waals surface area contributed by atoms with Gasteiger partial charge in [-0.2, -0.15) is 0 Å². The fourth-order valence-corrected chi connectivity index (χ4v) is 9.56. The number of carbonyl (C=O) groups excluding carboxylic acids is 2.